The Bertz CT molecular complexity index is 1440. The van der Waals surface area contributed by atoms with Crippen molar-refractivity contribution in [2.45, 2.75) is 50.0 Å². The number of anilines is 1. The first-order valence-electron chi connectivity index (χ1n) is 16.5. The predicted molar refractivity (Wildman–Crippen MR) is 179 cm³/mol. The van der Waals surface area contributed by atoms with E-state index < -0.39 is 0 Å². The van der Waals surface area contributed by atoms with Crippen molar-refractivity contribution < 1.29 is 9.59 Å². The van der Waals surface area contributed by atoms with Gasteiger partial charge in [0.15, 0.2) is 5.69 Å². The molecule has 236 valence electrons. The summed E-state index contributed by atoms with van der Waals surface area (Å²) in [4.78, 5) is 38.7. The van der Waals surface area contributed by atoms with Gasteiger partial charge in [0, 0.05) is 68.9 Å². The molecular formula is C36H45N7O2. The molecule has 3 aliphatic heterocycles. The van der Waals surface area contributed by atoms with Crippen LogP contribution in [0.4, 0.5) is 16.2 Å². The lowest BCUT2D eigenvalue weighted by Gasteiger charge is -2.51. The molecule has 9 heteroatoms. The number of rotatable bonds is 10. The van der Waals surface area contributed by atoms with Crippen molar-refractivity contribution in [3.05, 3.63) is 83.4 Å². The average Bonchev–Trinajstić information content (AvgIpc) is 3.77. The van der Waals surface area contributed by atoms with Crippen LogP contribution < -0.4 is 20.9 Å². The summed E-state index contributed by atoms with van der Waals surface area (Å²) < 4.78 is 0. The Morgan fingerprint density at radius 2 is 1.78 bits per heavy atom. The monoisotopic (exact) mass is 607 g/mol. The summed E-state index contributed by atoms with van der Waals surface area (Å²) in [6.07, 6.45) is 9.44. The molecule has 1 unspecified atom stereocenters. The fraction of sp³-hybridized carbons (Fsp3) is 0.500. The Labute approximate surface area is 267 Å². The Hall–Kier alpha value is -4.16. The molecule has 0 aromatic heterocycles. The minimum Gasteiger partial charge on any atom is -0.371 e. The largest absolute Gasteiger partial charge is 0.371 e. The molecule has 2 saturated heterocycles. The molecule has 1 aliphatic carbocycles. The van der Waals surface area contributed by atoms with Crippen molar-refractivity contribution in [3.8, 4) is 0 Å². The van der Waals surface area contributed by atoms with Crippen molar-refractivity contribution >= 4 is 29.5 Å². The highest BCUT2D eigenvalue weighted by atomic mass is 16.2. The normalized spacial score (nSPS) is 23.5. The molecule has 1 saturated carbocycles. The molecule has 2 aromatic rings. The van der Waals surface area contributed by atoms with Crippen LogP contribution in [0, 0.1) is 24.3 Å². The Kier molecular flexibility index (Phi) is 9.50. The minimum absolute atomic E-state index is 0.0358. The zero-order chi connectivity index (χ0) is 31.2. The van der Waals surface area contributed by atoms with Gasteiger partial charge in [0.05, 0.1) is 6.57 Å². The van der Waals surface area contributed by atoms with Crippen LogP contribution in [-0.2, 0) is 10.2 Å². The third-order valence-corrected chi connectivity index (χ3v) is 10.6. The zero-order valence-electron chi connectivity index (χ0n) is 26.3. The molecule has 0 radical (unpaired) electrons. The molecule has 0 bridgehead atoms. The van der Waals surface area contributed by atoms with Gasteiger partial charge in [-0.05, 0) is 74.4 Å². The summed E-state index contributed by atoms with van der Waals surface area (Å²) in [7, 11) is 1.67. The fourth-order valence-electron chi connectivity index (χ4n) is 8.33. The van der Waals surface area contributed by atoms with Gasteiger partial charge in [0.2, 0.25) is 0 Å². The topological polar surface area (TPSA) is 93.4 Å². The van der Waals surface area contributed by atoms with E-state index in [2.05, 4.69) is 78.1 Å². The number of carbonyl (C=O) groups is 2. The summed E-state index contributed by atoms with van der Waals surface area (Å²) in [5, 5.41) is 9.37. The first-order valence-corrected chi connectivity index (χ1v) is 16.5. The maximum Gasteiger partial charge on any atom is 0.314 e. The van der Waals surface area contributed by atoms with Gasteiger partial charge in [-0.2, -0.15) is 0 Å². The molecule has 6 rings (SSSR count). The lowest BCUT2D eigenvalue weighted by molar-refractivity contribution is -0.118. The van der Waals surface area contributed by atoms with Gasteiger partial charge in [0.25, 0.3) is 5.91 Å². The number of amides is 3. The Balaban J connectivity index is 1.18. The molecule has 45 heavy (non-hydrogen) atoms. The first kappa shape index (κ1) is 30.8. The highest BCUT2D eigenvalue weighted by molar-refractivity contribution is 5.96. The van der Waals surface area contributed by atoms with Crippen molar-refractivity contribution in [3.63, 3.8) is 0 Å². The second kappa shape index (κ2) is 13.9. The van der Waals surface area contributed by atoms with E-state index in [1.165, 1.54) is 11.3 Å². The minimum atomic E-state index is -0.321. The van der Waals surface area contributed by atoms with Crippen molar-refractivity contribution in [1.82, 2.24) is 20.9 Å². The first-order chi connectivity index (χ1) is 22.0. The number of urea groups is 1. The van der Waals surface area contributed by atoms with Crippen molar-refractivity contribution in [2.75, 3.05) is 51.2 Å². The number of hydrogen-bond acceptors (Lipinski definition) is 5. The van der Waals surface area contributed by atoms with Crippen LogP contribution in [0.15, 0.2) is 71.4 Å². The second-order valence-electron chi connectivity index (χ2n) is 13.1. The van der Waals surface area contributed by atoms with Gasteiger partial charge in [-0.1, -0.05) is 48.9 Å². The number of nitrogens with one attached hydrogen (secondary N) is 3. The number of aliphatic imine (C=N–C) groups is 1. The van der Waals surface area contributed by atoms with Crippen LogP contribution in [0.3, 0.4) is 0 Å². The number of benzene rings is 2. The fourth-order valence-corrected chi connectivity index (χ4v) is 8.33. The van der Waals surface area contributed by atoms with Crippen molar-refractivity contribution in [1.29, 1.82) is 0 Å². The number of hydrogen-bond donors (Lipinski definition) is 3. The van der Waals surface area contributed by atoms with E-state index in [0.717, 1.165) is 64.8 Å². The SMILES string of the molecule is [C-]#[N+]c1ccc(N2CC(CN3CCC(C(CNC(=O)C4=CCC=N4)(c4ccccc4)[C@H]4CCC[C@@H]4NC(=O)NC)CC3)C2)cc1. The summed E-state index contributed by atoms with van der Waals surface area (Å²) in [6, 6.07) is 18.5. The quantitative estimate of drug-likeness (QED) is 0.335. The van der Waals surface area contributed by atoms with Gasteiger partial charge in [0.1, 0.15) is 5.70 Å². The van der Waals surface area contributed by atoms with Crippen molar-refractivity contribution in [2.24, 2.45) is 22.7 Å². The van der Waals surface area contributed by atoms with Gasteiger partial charge in [-0.3, -0.25) is 9.79 Å². The van der Waals surface area contributed by atoms with Crippen LogP contribution >= 0.6 is 0 Å². The average molecular weight is 608 g/mol. The van der Waals surface area contributed by atoms with Gasteiger partial charge < -0.3 is 25.8 Å². The maximum atomic E-state index is 13.3. The van der Waals surface area contributed by atoms with Crippen LogP contribution in [0.5, 0.6) is 0 Å². The zero-order valence-corrected chi connectivity index (χ0v) is 26.3. The smallest absolute Gasteiger partial charge is 0.314 e. The Morgan fingerprint density at radius 3 is 2.44 bits per heavy atom. The van der Waals surface area contributed by atoms with Crippen LogP contribution in [0.2, 0.25) is 0 Å². The van der Waals surface area contributed by atoms with E-state index in [-0.39, 0.29) is 29.3 Å². The molecule has 3 N–H and O–H groups in total. The van der Waals surface area contributed by atoms with E-state index in [1.807, 2.05) is 18.2 Å². The highest BCUT2D eigenvalue weighted by Gasteiger charge is 2.52. The third kappa shape index (κ3) is 6.62. The molecule has 3 amide bonds. The van der Waals surface area contributed by atoms with Crippen LogP contribution in [0.1, 0.15) is 44.1 Å². The van der Waals surface area contributed by atoms with E-state index in [9.17, 15) is 9.59 Å². The molecule has 3 heterocycles. The molecule has 4 aliphatic rings. The second-order valence-corrected chi connectivity index (χ2v) is 13.1. The van der Waals surface area contributed by atoms with Crippen LogP contribution in [0.25, 0.3) is 4.85 Å². The maximum absolute atomic E-state index is 13.3. The Morgan fingerprint density at radius 1 is 1.02 bits per heavy atom. The van der Waals surface area contributed by atoms with Gasteiger partial charge >= 0.3 is 6.03 Å². The number of carbonyl (C=O) groups excluding carboxylic acids is 2. The molecule has 3 fully saturated rings. The highest BCUT2D eigenvalue weighted by Crippen LogP contribution is 2.50. The van der Waals surface area contributed by atoms with E-state index in [4.69, 9.17) is 6.57 Å². The van der Waals surface area contributed by atoms with Crippen LogP contribution in [-0.4, -0.2) is 75.4 Å². The molecular weight excluding hydrogens is 562 g/mol. The molecule has 9 nitrogen and oxygen atoms in total. The van der Waals surface area contributed by atoms with E-state index in [1.54, 1.807) is 13.3 Å². The third-order valence-electron chi connectivity index (χ3n) is 10.6. The van der Waals surface area contributed by atoms with E-state index in [0.29, 0.717) is 36.2 Å². The summed E-state index contributed by atoms with van der Waals surface area (Å²) in [5.41, 5.74) is 3.31. The number of likely N-dealkylation sites (tertiary alicyclic amines) is 1. The number of allylic oxidation sites excluding steroid dienone is 1. The number of piperidine rings is 1. The lowest BCUT2D eigenvalue weighted by Crippen LogP contribution is -2.59. The summed E-state index contributed by atoms with van der Waals surface area (Å²) in [5.74, 6) is 1.07. The molecule has 3 atom stereocenters. The number of nitrogens with zero attached hydrogens (tertiary/aromatic N) is 4. The molecule has 2 aromatic carbocycles. The van der Waals surface area contributed by atoms with E-state index >= 15 is 0 Å². The summed E-state index contributed by atoms with van der Waals surface area (Å²) >= 11 is 0. The molecule has 0 spiro atoms. The van der Waals surface area contributed by atoms with Gasteiger partial charge in [-0.15, -0.1) is 0 Å². The van der Waals surface area contributed by atoms with Gasteiger partial charge in [-0.25, -0.2) is 9.64 Å². The predicted octanol–water partition coefficient (Wildman–Crippen LogP) is 4.90. The summed E-state index contributed by atoms with van der Waals surface area (Å²) in [6.45, 7) is 12.9. The standard InChI is InChI=1S/C36H45N7O2/c1-37-29-13-15-30(16-14-29)43-23-26(24-43)22-42-20-17-28(18-21-42)36(27-8-4-3-5-9-27,25-40-34(44)33-12-7-19-39-33)31-10-6-11-32(31)41-35(45)38-2/h3-5,8-9,12-16,19,26,28,31-32H,6-7,10-11,17-18,20-25H2,2H3,(H,40,44)(H2,38,41,45)/t31-,32-,36?/m0/s1. The lowest BCUT2D eigenvalue weighted by atomic mass is 9.58.